The first-order chi connectivity index (χ1) is 12.5. The maximum Gasteiger partial charge on any atom is 0.274 e. The van der Waals surface area contributed by atoms with Crippen molar-refractivity contribution in [3.63, 3.8) is 0 Å². The topological polar surface area (TPSA) is 79.8 Å². The Morgan fingerprint density at radius 2 is 2.00 bits per heavy atom. The molecule has 0 radical (unpaired) electrons. The summed E-state index contributed by atoms with van der Waals surface area (Å²) in [7, 11) is 0. The fourth-order valence-corrected chi connectivity index (χ4v) is 2.68. The van der Waals surface area contributed by atoms with E-state index in [9.17, 15) is 4.79 Å². The zero-order valence-corrected chi connectivity index (χ0v) is 15.3. The standard InChI is InChI=1S/C18H15Cl2N5O/c1-11-7-16(17(26)24-15-5-4-13(19)8-14(15)20)25-18(23-11)22-10-12-3-2-6-21-9-12/h2-9H,10H2,1H3,(H,24,26)(H,22,23,25). The lowest BCUT2D eigenvalue weighted by atomic mass is 10.2. The Labute approximate surface area is 160 Å². The number of nitrogens with zero attached hydrogens (tertiary/aromatic N) is 3. The van der Waals surface area contributed by atoms with Crippen LogP contribution >= 0.6 is 23.2 Å². The van der Waals surface area contributed by atoms with Gasteiger partial charge < -0.3 is 10.6 Å². The third-order valence-corrected chi connectivity index (χ3v) is 3.99. The summed E-state index contributed by atoms with van der Waals surface area (Å²) >= 11 is 12.0. The van der Waals surface area contributed by atoms with Crippen LogP contribution < -0.4 is 10.6 Å². The molecule has 0 saturated heterocycles. The second-order valence-electron chi connectivity index (χ2n) is 5.51. The fourth-order valence-electron chi connectivity index (χ4n) is 2.22. The molecule has 0 aliphatic heterocycles. The van der Waals surface area contributed by atoms with Crippen molar-refractivity contribution in [1.82, 2.24) is 15.0 Å². The zero-order valence-electron chi connectivity index (χ0n) is 13.8. The second-order valence-corrected chi connectivity index (χ2v) is 6.35. The van der Waals surface area contributed by atoms with E-state index < -0.39 is 0 Å². The first kappa shape index (κ1) is 18.1. The van der Waals surface area contributed by atoms with Crippen molar-refractivity contribution in [2.45, 2.75) is 13.5 Å². The van der Waals surface area contributed by atoms with Gasteiger partial charge in [0.2, 0.25) is 5.95 Å². The molecule has 3 aromatic rings. The summed E-state index contributed by atoms with van der Waals surface area (Å²) in [6.45, 7) is 2.30. The molecule has 0 fully saturated rings. The number of aromatic nitrogens is 3. The molecule has 2 aromatic heterocycles. The van der Waals surface area contributed by atoms with Crippen LogP contribution in [0.15, 0.2) is 48.8 Å². The highest BCUT2D eigenvalue weighted by Crippen LogP contribution is 2.25. The molecule has 6 nitrogen and oxygen atoms in total. The molecule has 0 unspecified atom stereocenters. The number of carbonyl (C=O) groups excluding carboxylic acids is 1. The minimum absolute atomic E-state index is 0.234. The molecule has 0 aliphatic carbocycles. The Kier molecular flexibility index (Phi) is 5.65. The summed E-state index contributed by atoms with van der Waals surface area (Å²) in [5.41, 5.74) is 2.34. The SMILES string of the molecule is Cc1cc(C(=O)Nc2ccc(Cl)cc2Cl)nc(NCc2cccnc2)n1. The number of pyridine rings is 1. The molecule has 0 atom stereocenters. The normalized spacial score (nSPS) is 10.4. The lowest BCUT2D eigenvalue weighted by molar-refractivity contribution is 0.102. The highest BCUT2D eigenvalue weighted by molar-refractivity contribution is 6.36. The number of hydrogen-bond acceptors (Lipinski definition) is 5. The number of amides is 1. The third-order valence-electron chi connectivity index (χ3n) is 3.44. The van der Waals surface area contributed by atoms with E-state index in [1.165, 1.54) is 0 Å². The lowest BCUT2D eigenvalue weighted by Gasteiger charge is -2.10. The smallest absolute Gasteiger partial charge is 0.274 e. The molecule has 8 heteroatoms. The van der Waals surface area contributed by atoms with Crippen molar-refractivity contribution in [3.8, 4) is 0 Å². The minimum Gasteiger partial charge on any atom is -0.350 e. The second kappa shape index (κ2) is 8.12. The van der Waals surface area contributed by atoms with Crippen molar-refractivity contribution in [2.75, 3.05) is 10.6 Å². The largest absolute Gasteiger partial charge is 0.350 e. The predicted molar refractivity (Wildman–Crippen MR) is 103 cm³/mol. The molecule has 0 bridgehead atoms. The van der Waals surface area contributed by atoms with Gasteiger partial charge in [-0.3, -0.25) is 9.78 Å². The van der Waals surface area contributed by atoms with Crippen molar-refractivity contribution < 1.29 is 4.79 Å². The monoisotopic (exact) mass is 387 g/mol. The highest BCUT2D eigenvalue weighted by Gasteiger charge is 2.13. The maximum absolute atomic E-state index is 12.5. The molecule has 1 aromatic carbocycles. The number of aryl methyl sites for hydroxylation is 1. The lowest BCUT2D eigenvalue weighted by Crippen LogP contribution is -2.16. The molecule has 3 rings (SSSR count). The van der Waals surface area contributed by atoms with E-state index in [2.05, 4.69) is 25.6 Å². The maximum atomic E-state index is 12.5. The van der Waals surface area contributed by atoms with E-state index in [0.29, 0.717) is 33.9 Å². The molecule has 132 valence electrons. The first-order valence-electron chi connectivity index (χ1n) is 7.76. The summed E-state index contributed by atoms with van der Waals surface area (Å²) in [5, 5.41) is 6.66. The van der Waals surface area contributed by atoms with Gasteiger partial charge in [-0.1, -0.05) is 29.3 Å². The number of benzene rings is 1. The Hall–Kier alpha value is -2.70. The number of anilines is 2. The molecule has 0 spiro atoms. The van der Waals surface area contributed by atoms with Gasteiger partial charge in [0.05, 0.1) is 10.7 Å². The van der Waals surface area contributed by atoms with Crippen LogP contribution in [0.2, 0.25) is 10.0 Å². The number of carbonyl (C=O) groups is 1. The molecular formula is C18H15Cl2N5O. The first-order valence-corrected chi connectivity index (χ1v) is 8.52. The third kappa shape index (κ3) is 4.68. The Bertz CT molecular complexity index is 934. The van der Waals surface area contributed by atoms with E-state index in [4.69, 9.17) is 23.2 Å². The highest BCUT2D eigenvalue weighted by atomic mass is 35.5. The molecule has 26 heavy (non-hydrogen) atoms. The minimum atomic E-state index is -0.385. The van der Waals surface area contributed by atoms with Crippen molar-refractivity contribution in [1.29, 1.82) is 0 Å². The molecule has 0 aliphatic rings. The van der Waals surface area contributed by atoms with Crippen LogP contribution in [-0.2, 0) is 6.54 Å². The van der Waals surface area contributed by atoms with Gasteiger partial charge in [-0.15, -0.1) is 0 Å². The predicted octanol–water partition coefficient (Wildman–Crippen LogP) is 4.35. The van der Waals surface area contributed by atoms with E-state index in [0.717, 1.165) is 5.56 Å². The Balaban J connectivity index is 1.75. The number of hydrogen-bond donors (Lipinski definition) is 2. The summed E-state index contributed by atoms with van der Waals surface area (Å²) in [6, 6.07) is 10.2. The van der Waals surface area contributed by atoms with Gasteiger partial charge in [-0.2, -0.15) is 0 Å². The van der Waals surface area contributed by atoms with Crippen LogP contribution in [0.1, 0.15) is 21.7 Å². The fraction of sp³-hybridized carbons (Fsp3) is 0.111. The van der Waals surface area contributed by atoms with Crippen molar-refractivity contribution in [2.24, 2.45) is 0 Å². The van der Waals surface area contributed by atoms with Crippen LogP contribution in [0.5, 0.6) is 0 Å². The van der Waals surface area contributed by atoms with Gasteiger partial charge in [0.1, 0.15) is 5.69 Å². The summed E-state index contributed by atoms with van der Waals surface area (Å²) in [4.78, 5) is 25.1. The van der Waals surface area contributed by atoms with E-state index in [-0.39, 0.29) is 11.6 Å². The average Bonchev–Trinajstić information content (AvgIpc) is 2.63. The molecule has 2 heterocycles. The molecule has 0 saturated carbocycles. The number of nitrogens with one attached hydrogen (secondary N) is 2. The van der Waals surface area contributed by atoms with Gasteiger partial charge in [-0.05, 0) is 42.8 Å². The van der Waals surface area contributed by atoms with Gasteiger partial charge in [-0.25, -0.2) is 9.97 Å². The van der Waals surface area contributed by atoms with Crippen molar-refractivity contribution in [3.05, 3.63) is 75.8 Å². The van der Waals surface area contributed by atoms with Crippen molar-refractivity contribution >= 4 is 40.7 Å². The number of rotatable bonds is 5. The van der Waals surface area contributed by atoms with Crippen LogP contribution in [0.25, 0.3) is 0 Å². The molecule has 2 N–H and O–H groups in total. The van der Waals surface area contributed by atoms with Gasteiger partial charge in [0.25, 0.3) is 5.91 Å². The van der Waals surface area contributed by atoms with E-state index in [1.807, 2.05) is 12.1 Å². The van der Waals surface area contributed by atoms with E-state index in [1.54, 1.807) is 43.6 Å². The van der Waals surface area contributed by atoms with Gasteiger partial charge in [0.15, 0.2) is 0 Å². The quantitative estimate of drug-likeness (QED) is 0.679. The van der Waals surface area contributed by atoms with Gasteiger partial charge >= 0.3 is 0 Å². The Morgan fingerprint density at radius 3 is 2.73 bits per heavy atom. The number of halogens is 2. The summed E-state index contributed by atoms with van der Waals surface area (Å²) in [5.74, 6) is -0.0228. The average molecular weight is 388 g/mol. The zero-order chi connectivity index (χ0) is 18.5. The van der Waals surface area contributed by atoms with E-state index >= 15 is 0 Å². The van der Waals surface area contributed by atoms with Crippen LogP contribution in [0.3, 0.4) is 0 Å². The summed E-state index contributed by atoms with van der Waals surface area (Å²) in [6.07, 6.45) is 3.45. The molecule has 1 amide bonds. The van der Waals surface area contributed by atoms with Crippen LogP contribution in [0.4, 0.5) is 11.6 Å². The van der Waals surface area contributed by atoms with Gasteiger partial charge in [0, 0.05) is 29.7 Å². The summed E-state index contributed by atoms with van der Waals surface area (Å²) < 4.78 is 0. The molecular weight excluding hydrogens is 373 g/mol. The van der Waals surface area contributed by atoms with Crippen LogP contribution in [0, 0.1) is 6.92 Å². The Morgan fingerprint density at radius 1 is 1.15 bits per heavy atom. The van der Waals surface area contributed by atoms with Crippen LogP contribution in [-0.4, -0.2) is 20.9 Å².